The van der Waals surface area contributed by atoms with Gasteiger partial charge in [-0.1, -0.05) is 0 Å². The number of carboxylic acid groups (broad SMARTS) is 3. The van der Waals surface area contributed by atoms with Crippen molar-refractivity contribution in [2.45, 2.75) is 32.4 Å². The maximum absolute atomic E-state index is 12.2. The molecule has 10 nitrogen and oxygen atoms in total. The van der Waals surface area contributed by atoms with Gasteiger partial charge in [-0.15, -0.1) is 0 Å². The zero-order valence-corrected chi connectivity index (χ0v) is 20.5. The number of aldehydes is 1. The second kappa shape index (κ2) is 9.97. The minimum absolute atomic E-state index is 0.137. The van der Waals surface area contributed by atoms with Gasteiger partial charge in [0.25, 0.3) is 0 Å². The molecule has 11 heteroatoms. The number of hydrogen-bond donors (Lipinski definition) is 5. The van der Waals surface area contributed by atoms with E-state index in [9.17, 15) is 29.1 Å². The summed E-state index contributed by atoms with van der Waals surface area (Å²) in [4.78, 5) is 55.8. The van der Waals surface area contributed by atoms with Gasteiger partial charge in [-0.3, -0.25) is 0 Å². The molecule has 0 spiro atoms. The summed E-state index contributed by atoms with van der Waals surface area (Å²) in [5.41, 5.74) is -2.96. The quantitative estimate of drug-likeness (QED) is 0.185. The first-order valence-corrected chi connectivity index (χ1v) is 11.4. The molecule has 0 aliphatic heterocycles. The fraction of sp³-hybridized carbons (Fsp3) is 0.583. The zero-order valence-electron chi connectivity index (χ0n) is 13.3. The Morgan fingerprint density at radius 2 is 1.83 bits per heavy atom. The van der Waals surface area contributed by atoms with Gasteiger partial charge in [0, 0.05) is 0 Å². The van der Waals surface area contributed by atoms with Crippen molar-refractivity contribution in [3.05, 3.63) is 0 Å². The van der Waals surface area contributed by atoms with Crippen molar-refractivity contribution in [3.63, 3.8) is 0 Å². The summed E-state index contributed by atoms with van der Waals surface area (Å²) in [6.07, 6.45) is -3.09. The van der Waals surface area contributed by atoms with Crippen molar-refractivity contribution < 1.29 is 88.6 Å². The number of carbonyl (C=O) groups excluding carboxylic acids is 2. The molecule has 0 aliphatic rings. The fourth-order valence-corrected chi connectivity index (χ4v) is 3.09. The topological polar surface area (TPSA) is 178 Å². The number of aliphatic hydroxyl groups is 1. The molecular formula is C12H17NO9Ra. The van der Waals surface area contributed by atoms with Crippen LogP contribution in [-0.4, -0.2) is 57.2 Å². The van der Waals surface area contributed by atoms with Crippen LogP contribution in [0.2, 0.25) is 0 Å². The SMILES string of the molecule is [2H]C(=O)CCC[C@H](C(=O)N[CH]([RaH])C(=O)O)[C@@](O)(CC(=O)O)C(=O)O. The molecule has 0 saturated carbocycles. The van der Waals surface area contributed by atoms with Crippen molar-refractivity contribution in [3.8, 4) is 0 Å². The normalized spacial score (nSPS) is 16.3. The van der Waals surface area contributed by atoms with E-state index in [0.717, 1.165) is 0 Å². The maximum atomic E-state index is 12.2. The first-order chi connectivity index (χ1) is 10.9. The average Bonchev–Trinajstić information content (AvgIpc) is 2.41. The molecule has 126 valence electrons. The van der Waals surface area contributed by atoms with Crippen molar-refractivity contribution >= 4 is 30.1 Å². The second-order valence-electron chi connectivity index (χ2n) is 4.96. The summed E-state index contributed by atoms with van der Waals surface area (Å²) in [6.45, 7) is 0. The van der Waals surface area contributed by atoms with E-state index in [0.29, 0.717) is 0 Å². The molecule has 0 aliphatic carbocycles. The summed E-state index contributed by atoms with van der Waals surface area (Å²) in [7, 11) is 0. The molecular weight excluding hydrogens is 528 g/mol. The Hall–Kier alpha value is -1.02. The van der Waals surface area contributed by atoms with Crippen LogP contribution >= 0.6 is 0 Å². The van der Waals surface area contributed by atoms with Crippen LogP contribution < -0.4 is 5.32 Å². The third-order valence-electron chi connectivity index (χ3n) is 3.18. The van der Waals surface area contributed by atoms with Crippen LogP contribution in [0.15, 0.2) is 0 Å². The Balaban J connectivity index is 5.51. The van der Waals surface area contributed by atoms with E-state index in [1.807, 2.05) is 0 Å². The van der Waals surface area contributed by atoms with Crippen LogP contribution in [0.25, 0.3) is 0 Å². The summed E-state index contributed by atoms with van der Waals surface area (Å²) in [5.74, 6) is -7.82. The molecule has 0 rings (SSSR count). The average molecular weight is 546 g/mol. The molecule has 0 fully saturated rings. The molecule has 1 amide bonds. The fourth-order valence-electron chi connectivity index (χ4n) is 1.92. The van der Waals surface area contributed by atoms with Gasteiger partial charge in [-0.2, -0.15) is 0 Å². The van der Waals surface area contributed by atoms with E-state index in [1.54, 1.807) is 0 Å². The molecule has 1 unspecified atom stereocenters. The standard InChI is InChI=1S/C12H16NO9.Ra.H/c14-4-2-1-3-7(10(19)13-6-9(17)18)12(22,11(20)21)5-8(15)16;;/h4,6-7,22H,1-3,5H2,(H,13,19)(H,15,16)(H,17,18)(H,20,21);;/t7-,12+;;/m1../s1/i4D;;. The molecule has 0 aromatic carbocycles. The predicted molar refractivity (Wildman–Crippen MR) is 69.2 cm³/mol. The van der Waals surface area contributed by atoms with Crippen LogP contribution in [0.3, 0.4) is 0 Å². The zero-order chi connectivity index (χ0) is 19.1. The Morgan fingerprint density at radius 1 is 1.26 bits per heavy atom. The summed E-state index contributed by atoms with van der Waals surface area (Å²) >= 11 is -0.735. The first kappa shape index (κ1) is 20.0. The molecule has 0 saturated heterocycles. The summed E-state index contributed by atoms with van der Waals surface area (Å²) < 4.78 is 5.60. The van der Waals surface area contributed by atoms with Crippen molar-refractivity contribution in [2.75, 3.05) is 0 Å². The van der Waals surface area contributed by atoms with Crippen molar-refractivity contribution in [2.24, 2.45) is 5.92 Å². The monoisotopic (exact) mass is 546 g/mol. The number of nitrogens with one attached hydrogen (secondary N) is 1. The number of aliphatic carboxylic acids is 3. The van der Waals surface area contributed by atoms with Gasteiger partial charge in [0.1, 0.15) is 0 Å². The molecule has 5 N–H and O–H groups in total. The van der Waals surface area contributed by atoms with E-state index in [2.05, 4.69) is 5.32 Å². The number of hydrogen-bond acceptors (Lipinski definition) is 6. The van der Waals surface area contributed by atoms with Crippen LogP contribution in [0.1, 0.15) is 27.1 Å². The van der Waals surface area contributed by atoms with Gasteiger partial charge in [0.15, 0.2) is 0 Å². The van der Waals surface area contributed by atoms with Gasteiger partial charge in [-0.25, -0.2) is 0 Å². The van der Waals surface area contributed by atoms with Crippen molar-refractivity contribution in [1.82, 2.24) is 5.32 Å². The first-order valence-electron chi connectivity index (χ1n) is 7.12. The Morgan fingerprint density at radius 3 is 2.22 bits per heavy atom. The summed E-state index contributed by atoms with van der Waals surface area (Å²) in [6, 6.07) is 0. The Kier molecular flexibility index (Phi) is 8.68. The third kappa shape index (κ3) is 6.95. The van der Waals surface area contributed by atoms with E-state index in [-0.39, 0.29) is 12.8 Å². The van der Waals surface area contributed by atoms with Crippen molar-refractivity contribution in [1.29, 1.82) is 0 Å². The molecule has 0 bridgehead atoms. The number of amides is 1. The Labute approximate surface area is 161 Å². The van der Waals surface area contributed by atoms with Crippen LogP contribution in [0.4, 0.5) is 0 Å². The van der Waals surface area contributed by atoms with E-state index >= 15 is 0 Å². The van der Waals surface area contributed by atoms with Crippen LogP contribution in [-0.2, 0) is 24.0 Å². The number of carbonyl (C=O) groups is 5. The number of carboxylic acids is 3. The third-order valence-corrected chi connectivity index (χ3v) is 6.40. The van der Waals surface area contributed by atoms with Crippen LogP contribution in [0.5, 0.6) is 0 Å². The van der Waals surface area contributed by atoms with Crippen LogP contribution in [0, 0.1) is 48.7 Å². The van der Waals surface area contributed by atoms with Gasteiger partial charge in [0.05, 0.1) is 0 Å². The van der Waals surface area contributed by atoms with Gasteiger partial charge in [-0.05, 0) is 0 Å². The molecule has 0 heterocycles. The molecule has 23 heavy (non-hydrogen) atoms. The molecule has 3 atom stereocenters. The molecule has 0 aromatic heterocycles. The predicted octanol–water partition coefficient (Wildman–Crippen LogP) is -1.93. The summed E-state index contributed by atoms with van der Waals surface area (Å²) in [5, 5.41) is 39.0. The van der Waals surface area contributed by atoms with Gasteiger partial charge >= 0.3 is 162 Å². The van der Waals surface area contributed by atoms with E-state index in [1.165, 1.54) is 0 Å². The molecule has 0 aromatic rings. The van der Waals surface area contributed by atoms with Gasteiger partial charge < -0.3 is 0 Å². The minimum atomic E-state index is -2.96. The Bertz CT molecular complexity index is 541. The van der Waals surface area contributed by atoms with Gasteiger partial charge in [0.2, 0.25) is 0 Å². The number of rotatable bonds is 11. The molecule has 0 radical (unpaired) electrons. The van der Waals surface area contributed by atoms with E-state index < -0.39 is 98.3 Å². The van der Waals surface area contributed by atoms with E-state index in [4.69, 9.17) is 16.7 Å². The second-order valence-corrected chi connectivity index (χ2v) is 9.70.